The van der Waals surface area contributed by atoms with Gasteiger partial charge in [0, 0.05) is 29.9 Å². The Bertz CT molecular complexity index is 1190. The zero-order valence-electron chi connectivity index (χ0n) is 23.1. The third-order valence-corrected chi connectivity index (χ3v) is 6.35. The highest BCUT2D eigenvalue weighted by atomic mass is 16.2. The number of hydrogen-bond acceptors (Lipinski definition) is 4. The molecular formula is C30H42N6O. The summed E-state index contributed by atoms with van der Waals surface area (Å²) in [6, 6.07) is 5.62. The van der Waals surface area contributed by atoms with Crippen molar-refractivity contribution in [3.05, 3.63) is 71.7 Å². The summed E-state index contributed by atoms with van der Waals surface area (Å²) in [5, 5.41) is 8.87. The molecule has 0 aliphatic carbocycles. The van der Waals surface area contributed by atoms with Crippen LogP contribution in [0.3, 0.4) is 0 Å². The lowest BCUT2D eigenvalue weighted by Crippen LogP contribution is -2.41. The number of nitrogens with zero attached hydrogens (tertiary/aromatic N) is 3. The fourth-order valence-corrected chi connectivity index (χ4v) is 3.61. The smallest absolute Gasteiger partial charge is 0.320 e. The monoisotopic (exact) mass is 502 g/mol. The minimum atomic E-state index is -0.666. The molecule has 0 radical (unpaired) electrons. The van der Waals surface area contributed by atoms with Gasteiger partial charge in [-0.05, 0) is 49.8 Å². The second-order valence-electron chi connectivity index (χ2n) is 9.36. The van der Waals surface area contributed by atoms with E-state index in [0.717, 1.165) is 35.1 Å². The third-order valence-electron chi connectivity index (χ3n) is 6.35. The number of aromatic amines is 1. The minimum absolute atomic E-state index is 0.00739. The molecule has 1 aromatic heterocycles. The predicted molar refractivity (Wildman–Crippen MR) is 156 cm³/mol. The molecule has 1 aromatic carbocycles. The van der Waals surface area contributed by atoms with Crippen molar-refractivity contribution in [3.8, 4) is 11.3 Å². The Morgan fingerprint density at radius 1 is 1.27 bits per heavy atom. The van der Waals surface area contributed by atoms with Gasteiger partial charge in [-0.1, -0.05) is 77.1 Å². The summed E-state index contributed by atoms with van der Waals surface area (Å²) in [5.41, 5.74) is 10.4. The van der Waals surface area contributed by atoms with E-state index in [1.165, 1.54) is 4.90 Å². The summed E-state index contributed by atoms with van der Waals surface area (Å²) in [7, 11) is 0. The summed E-state index contributed by atoms with van der Waals surface area (Å²) < 4.78 is 0. The number of amidine groups is 1. The summed E-state index contributed by atoms with van der Waals surface area (Å²) in [5.74, 6) is 0.991. The van der Waals surface area contributed by atoms with Crippen LogP contribution in [0.2, 0.25) is 0 Å². The molecule has 0 saturated heterocycles. The standard InChI is InChI=1S/C30H42N6O/c1-8-12-23(14-13-20(5)10-3)29-34-26(27(35-29)28(31)36(17-9-2)30(32)37)24-15-16-25(21(6)18-24)19-33-22(7)11-4/h8,12-16,18-20,22,31H,1,9-11,17H2,2-7H3,(H2,32,37)(H,34,35)/b14-13-,23-12+,31-28?,33-19?. The van der Waals surface area contributed by atoms with E-state index >= 15 is 0 Å². The molecule has 2 amide bonds. The molecule has 0 aliphatic rings. The number of carbonyl (C=O) groups is 1. The average Bonchev–Trinajstić information content (AvgIpc) is 3.33. The highest BCUT2D eigenvalue weighted by molar-refractivity contribution is 6.08. The second-order valence-corrected chi connectivity index (χ2v) is 9.36. The van der Waals surface area contributed by atoms with E-state index in [4.69, 9.17) is 16.1 Å². The van der Waals surface area contributed by atoms with Crippen molar-refractivity contribution in [2.24, 2.45) is 16.6 Å². The lowest BCUT2D eigenvalue weighted by atomic mass is 10.0. The Hall–Kier alpha value is -3.74. The number of carbonyl (C=O) groups excluding carboxylic acids is 1. The quantitative estimate of drug-likeness (QED) is 0.167. The van der Waals surface area contributed by atoms with Crippen molar-refractivity contribution in [2.75, 3.05) is 6.54 Å². The topological polar surface area (TPSA) is 111 Å². The number of nitrogens with two attached hydrogens (primary N) is 1. The molecule has 0 fully saturated rings. The maximum atomic E-state index is 12.2. The number of allylic oxidation sites excluding steroid dienone is 5. The number of amides is 2. The number of hydrogen-bond donors (Lipinski definition) is 3. The van der Waals surface area contributed by atoms with E-state index < -0.39 is 6.03 Å². The van der Waals surface area contributed by atoms with E-state index in [-0.39, 0.29) is 11.9 Å². The fraction of sp³-hybridized carbons (Fsp3) is 0.400. The van der Waals surface area contributed by atoms with Crippen molar-refractivity contribution < 1.29 is 4.79 Å². The van der Waals surface area contributed by atoms with E-state index in [2.05, 4.69) is 50.3 Å². The molecule has 0 spiro atoms. The Kier molecular flexibility index (Phi) is 11.2. The van der Waals surface area contributed by atoms with Gasteiger partial charge in [0.1, 0.15) is 11.5 Å². The first-order valence-corrected chi connectivity index (χ1v) is 13.1. The molecule has 2 rings (SSSR count). The lowest BCUT2D eigenvalue weighted by Gasteiger charge is -2.20. The molecule has 198 valence electrons. The second kappa shape index (κ2) is 14.1. The van der Waals surface area contributed by atoms with Gasteiger partial charge in [0.05, 0.1) is 5.69 Å². The maximum Gasteiger partial charge on any atom is 0.320 e. The zero-order valence-corrected chi connectivity index (χ0v) is 23.1. The van der Waals surface area contributed by atoms with Gasteiger partial charge in [-0.25, -0.2) is 9.78 Å². The minimum Gasteiger partial charge on any atom is -0.351 e. The highest BCUT2D eigenvalue weighted by Gasteiger charge is 2.24. The number of imidazole rings is 1. The van der Waals surface area contributed by atoms with Crippen molar-refractivity contribution in [2.45, 2.75) is 66.8 Å². The summed E-state index contributed by atoms with van der Waals surface area (Å²) >= 11 is 0. The van der Waals surface area contributed by atoms with Crippen molar-refractivity contribution in [1.82, 2.24) is 14.9 Å². The van der Waals surface area contributed by atoms with Gasteiger partial charge in [-0.15, -0.1) is 0 Å². The molecule has 2 unspecified atom stereocenters. The lowest BCUT2D eigenvalue weighted by molar-refractivity contribution is 0.229. The summed E-state index contributed by atoms with van der Waals surface area (Å²) in [4.78, 5) is 26.3. The number of benzene rings is 1. The SMILES string of the molecule is C=C/C=C(\C=C/C(C)CC)c1nc(-c2ccc(C=NC(C)CC)c(C)c2)c(C(=N)N(CCC)C(N)=O)[nH]1. The van der Waals surface area contributed by atoms with Crippen molar-refractivity contribution >= 4 is 23.7 Å². The largest absolute Gasteiger partial charge is 0.351 e. The van der Waals surface area contributed by atoms with Gasteiger partial charge in [-0.2, -0.15) is 0 Å². The van der Waals surface area contributed by atoms with Gasteiger partial charge in [-0.3, -0.25) is 15.3 Å². The molecule has 7 nitrogen and oxygen atoms in total. The van der Waals surface area contributed by atoms with E-state index in [9.17, 15) is 4.79 Å². The summed E-state index contributed by atoms with van der Waals surface area (Å²) in [6.07, 6.45) is 12.3. The van der Waals surface area contributed by atoms with Crippen molar-refractivity contribution in [1.29, 1.82) is 5.41 Å². The fourth-order valence-electron chi connectivity index (χ4n) is 3.61. The van der Waals surface area contributed by atoms with Crippen LogP contribution in [0, 0.1) is 18.3 Å². The Labute approximate surface area is 221 Å². The number of primary amides is 1. The molecule has 2 atom stereocenters. The van der Waals surface area contributed by atoms with Crippen LogP contribution in [0.4, 0.5) is 4.79 Å². The van der Waals surface area contributed by atoms with Gasteiger partial charge in [0.2, 0.25) is 0 Å². The normalized spacial score (nSPS) is 13.7. The number of nitrogens with one attached hydrogen (secondary N) is 2. The Morgan fingerprint density at radius 2 is 2.00 bits per heavy atom. The van der Waals surface area contributed by atoms with Crippen LogP contribution in [-0.2, 0) is 0 Å². The van der Waals surface area contributed by atoms with E-state index in [1.54, 1.807) is 6.08 Å². The first-order valence-electron chi connectivity index (χ1n) is 13.1. The Morgan fingerprint density at radius 3 is 2.57 bits per heavy atom. The average molecular weight is 503 g/mol. The number of aliphatic imine (C=N–C) groups is 1. The first kappa shape index (κ1) is 29.5. The number of H-pyrrole nitrogens is 1. The number of urea groups is 1. The zero-order chi connectivity index (χ0) is 27.5. The molecular weight excluding hydrogens is 460 g/mol. The van der Waals surface area contributed by atoms with Gasteiger partial charge in [0.15, 0.2) is 5.84 Å². The van der Waals surface area contributed by atoms with Crippen LogP contribution in [0.5, 0.6) is 0 Å². The van der Waals surface area contributed by atoms with Crippen LogP contribution in [-0.4, -0.2) is 45.5 Å². The van der Waals surface area contributed by atoms with Gasteiger partial charge >= 0.3 is 6.03 Å². The number of aromatic nitrogens is 2. The molecule has 0 saturated carbocycles. The highest BCUT2D eigenvalue weighted by Crippen LogP contribution is 2.28. The maximum absolute atomic E-state index is 12.2. The van der Waals surface area contributed by atoms with E-state index in [1.807, 2.05) is 50.4 Å². The number of aryl methyl sites for hydroxylation is 1. The molecule has 7 heteroatoms. The molecule has 37 heavy (non-hydrogen) atoms. The van der Waals surface area contributed by atoms with Crippen LogP contribution < -0.4 is 5.73 Å². The molecule has 0 bridgehead atoms. The first-order chi connectivity index (χ1) is 17.7. The van der Waals surface area contributed by atoms with Crippen LogP contribution in [0.1, 0.15) is 76.5 Å². The van der Waals surface area contributed by atoms with Crippen LogP contribution >= 0.6 is 0 Å². The van der Waals surface area contributed by atoms with Crippen LogP contribution in [0.15, 0.2) is 54.1 Å². The molecule has 4 N–H and O–H groups in total. The van der Waals surface area contributed by atoms with Gasteiger partial charge in [0.25, 0.3) is 0 Å². The van der Waals surface area contributed by atoms with E-state index in [0.29, 0.717) is 36.1 Å². The third kappa shape index (κ3) is 7.87. The molecule has 0 aliphatic heterocycles. The number of rotatable bonds is 12. The van der Waals surface area contributed by atoms with Crippen LogP contribution in [0.25, 0.3) is 16.8 Å². The predicted octanol–water partition coefficient (Wildman–Crippen LogP) is 6.89. The van der Waals surface area contributed by atoms with Gasteiger partial charge < -0.3 is 10.7 Å². The van der Waals surface area contributed by atoms with Crippen molar-refractivity contribution in [3.63, 3.8) is 0 Å². The Balaban J connectivity index is 2.67. The molecule has 2 aromatic rings. The molecule has 1 heterocycles. The summed E-state index contributed by atoms with van der Waals surface area (Å²) in [6.45, 7) is 16.7.